The molecule has 0 unspecified atom stereocenters. The van der Waals surface area contributed by atoms with E-state index in [1.807, 2.05) is 103 Å². The van der Waals surface area contributed by atoms with E-state index in [1.165, 1.54) is 0 Å². The van der Waals surface area contributed by atoms with Crippen LogP contribution in [0.1, 0.15) is 33.2 Å². The second-order valence-corrected chi connectivity index (χ2v) is 7.64. The van der Waals surface area contributed by atoms with Crippen molar-refractivity contribution in [1.82, 2.24) is 0 Å². The van der Waals surface area contributed by atoms with Crippen LogP contribution in [0.15, 0.2) is 125 Å². The van der Waals surface area contributed by atoms with Gasteiger partial charge in [-0.15, -0.1) is 0 Å². The van der Waals surface area contributed by atoms with E-state index in [0.717, 1.165) is 26.5 Å². The molecule has 0 bridgehead atoms. The van der Waals surface area contributed by atoms with Gasteiger partial charge in [-0.1, -0.05) is 103 Å². The van der Waals surface area contributed by atoms with Crippen molar-refractivity contribution in [3.63, 3.8) is 0 Å². The van der Waals surface area contributed by atoms with Crippen molar-refractivity contribution in [2.45, 2.75) is 16.7 Å². The molecule has 4 rings (SSSR count). The van der Waals surface area contributed by atoms with E-state index >= 15 is 0 Å². The molecule has 0 aliphatic rings. The summed E-state index contributed by atoms with van der Waals surface area (Å²) in [6.07, 6.45) is 0. The highest BCUT2D eigenvalue weighted by molar-refractivity contribution is 7.99. The standard InChI is InChI=1S/C19H14OS.C8H8O/c20-19(15-9-3-1-4-10-15)17-13-7-8-14-18(17)21-16-11-5-2-6-12-16;1-7(9)8-5-3-2-4-6-8/h1-14H;2-6H,1H3. The maximum atomic E-state index is 12.6. The number of benzene rings is 4. The Balaban J connectivity index is 0.000000239. The summed E-state index contributed by atoms with van der Waals surface area (Å²) in [6, 6.07) is 36.5. The zero-order chi connectivity index (χ0) is 21.2. The first kappa shape index (κ1) is 21.3. The Hall–Kier alpha value is -3.43. The Labute approximate surface area is 181 Å². The molecule has 0 aliphatic heterocycles. The predicted octanol–water partition coefficient (Wildman–Crippen LogP) is 6.96. The quantitative estimate of drug-likeness (QED) is 0.334. The van der Waals surface area contributed by atoms with Gasteiger partial charge in [-0.3, -0.25) is 9.59 Å². The molecule has 0 spiro atoms. The highest BCUT2D eigenvalue weighted by atomic mass is 32.2. The number of hydrogen-bond donors (Lipinski definition) is 0. The van der Waals surface area contributed by atoms with E-state index in [0.29, 0.717) is 0 Å². The number of carbonyl (C=O) groups is 2. The van der Waals surface area contributed by atoms with Crippen LogP contribution >= 0.6 is 11.8 Å². The first-order valence-corrected chi connectivity index (χ1v) is 10.4. The summed E-state index contributed by atoms with van der Waals surface area (Å²) in [6.45, 7) is 1.56. The molecule has 4 aromatic carbocycles. The highest BCUT2D eigenvalue weighted by Gasteiger charge is 2.13. The Morgan fingerprint density at radius 1 is 0.567 bits per heavy atom. The van der Waals surface area contributed by atoms with Gasteiger partial charge in [-0.05, 0) is 31.2 Å². The second kappa shape index (κ2) is 10.9. The number of ketones is 2. The first-order chi connectivity index (χ1) is 14.6. The fraction of sp³-hybridized carbons (Fsp3) is 0.0370. The third-order valence-corrected chi connectivity index (χ3v) is 5.40. The van der Waals surface area contributed by atoms with Crippen molar-refractivity contribution in [2.24, 2.45) is 0 Å². The molecule has 0 fully saturated rings. The largest absolute Gasteiger partial charge is 0.295 e. The van der Waals surface area contributed by atoms with Gasteiger partial charge < -0.3 is 0 Å². The van der Waals surface area contributed by atoms with Gasteiger partial charge in [0.1, 0.15) is 0 Å². The zero-order valence-electron chi connectivity index (χ0n) is 16.7. The fourth-order valence-electron chi connectivity index (χ4n) is 2.78. The van der Waals surface area contributed by atoms with Crippen LogP contribution in [-0.2, 0) is 0 Å². The van der Waals surface area contributed by atoms with Crippen molar-refractivity contribution in [2.75, 3.05) is 0 Å². The molecule has 0 saturated carbocycles. The van der Waals surface area contributed by atoms with Gasteiger partial charge >= 0.3 is 0 Å². The van der Waals surface area contributed by atoms with Gasteiger partial charge in [-0.25, -0.2) is 0 Å². The van der Waals surface area contributed by atoms with Crippen LogP contribution in [0, 0.1) is 0 Å². The molecule has 0 amide bonds. The Kier molecular flexibility index (Phi) is 7.76. The summed E-state index contributed by atoms with van der Waals surface area (Å²) in [5.41, 5.74) is 2.24. The number of hydrogen-bond acceptors (Lipinski definition) is 3. The van der Waals surface area contributed by atoms with Crippen LogP contribution in [0.3, 0.4) is 0 Å². The predicted molar refractivity (Wildman–Crippen MR) is 123 cm³/mol. The highest BCUT2D eigenvalue weighted by Crippen LogP contribution is 2.31. The lowest BCUT2D eigenvalue weighted by Gasteiger charge is -2.08. The fourth-order valence-corrected chi connectivity index (χ4v) is 3.74. The van der Waals surface area contributed by atoms with Gasteiger partial charge in [0.05, 0.1) is 0 Å². The average molecular weight is 411 g/mol. The summed E-state index contributed by atoms with van der Waals surface area (Å²) in [7, 11) is 0. The second-order valence-electron chi connectivity index (χ2n) is 6.53. The van der Waals surface area contributed by atoms with Gasteiger partial charge in [0.15, 0.2) is 11.6 Å². The molecule has 0 saturated heterocycles. The molecule has 2 nitrogen and oxygen atoms in total. The Morgan fingerprint density at radius 2 is 1.03 bits per heavy atom. The molecule has 148 valence electrons. The topological polar surface area (TPSA) is 34.1 Å². The molecule has 0 N–H and O–H groups in total. The van der Waals surface area contributed by atoms with Crippen molar-refractivity contribution in [3.8, 4) is 0 Å². The molecular weight excluding hydrogens is 388 g/mol. The van der Waals surface area contributed by atoms with E-state index in [1.54, 1.807) is 18.7 Å². The van der Waals surface area contributed by atoms with E-state index in [9.17, 15) is 9.59 Å². The summed E-state index contributed by atoms with van der Waals surface area (Å²) >= 11 is 1.62. The van der Waals surface area contributed by atoms with Gasteiger partial charge in [0, 0.05) is 26.5 Å². The molecule has 0 aromatic heterocycles. The minimum absolute atomic E-state index is 0.0645. The van der Waals surface area contributed by atoms with Crippen LogP contribution in [-0.4, -0.2) is 11.6 Å². The monoisotopic (exact) mass is 410 g/mol. The van der Waals surface area contributed by atoms with Gasteiger partial charge in [-0.2, -0.15) is 0 Å². The van der Waals surface area contributed by atoms with E-state index < -0.39 is 0 Å². The molecule has 0 heterocycles. The van der Waals surface area contributed by atoms with Gasteiger partial charge in [0.2, 0.25) is 0 Å². The lowest BCUT2D eigenvalue weighted by Crippen LogP contribution is -2.02. The van der Waals surface area contributed by atoms with E-state index in [-0.39, 0.29) is 11.6 Å². The first-order valence-electron chi connectivity index (χ1n) is 9.63. The smallest absolute Gasteiger partial charge is 0.194 e. The van der Waals surface area contributed by atoms with Crippen LogP contribution < -0.4 is 0 Å². The third kappa shape index (κ3) is 6.03. The Bertz CT molecular complexity index is 1090. The molecule has 3 heteroatoms. The number of Topliss-reactive ketones (excluding diaryl/α,β-unsaturated/α-hetero) is 1. The zero-order valence-corrected chi connectivity index (χ0v) is 17.5. The number of carbonyl (C=O) groups excluding carboxylic acids is 2. The van der Waals surface area contributed by atoms with E-state index in [4.69, 9.17) is 0 Å². The van der Waals surface area contributed by atoms with Crippen LogP contribution in [0.4, 0.5) is 0 Å². The normalized spacial score (nSPS) is 9.90. The van der Waals surface area contributed by atoms with Gasteiger partial charge in [0.25, 0.3) is 0 Å². The third-order valence-electron chi connectivity index (χ3n) is 4.32. The molecule has 4 aromatic rings. The molecule has 30 heavy (non-hydrogen) atoms. The summed E-state index contributed by atoms with van der Waals surface area (Å²) < 4.78 is 0. The number of rotatable bonds is 5. The van der Waals surface area contributed by atoms with Crippen LogP contribution in [0.2, 0.25) is 0 Å². The van der Waals surface area contributed by atoms with Crippen LogP contribution in [0.5, 0.6) is 0 Å². The lowest BCUT2D eigenvalue weighted by molar-refractivity contribution is 0.101. The Morgan fingerprint density at radius 3 is 1.57 bits per heavy atom. The average Bonchev–Trinajstić information content (AvgIpc) is 2.81. The molecule has 0 radical (unpaired) electrons. The maximum absolute atomic E-state index is 12.6. The summed E-state index contributed by atoms with van der Waals surface area (Å²) in [4.78, 5) is 25.4. The van der Waals surface area contributed by atoms with Crippen molar-refractivity contribution in [3.05, 3.63) is 132 Å². The summed E-state index contributed by atoms with van der Waals surface area (Å²) in [5.74, 6) is 0.185. The molecule has 0 aliphatic carbocycles. The minimum Gasteiger partial charge on any atom is -0.295 e. The van der Waals surface area contributed by atoms with Crippen molar-refractivity contribution >= 4 is 23.3 Å². The van der Waals surface area contributed by atoms with E-state index in [2.05, 4.69) is 12.1 Å². The molecule has 0 atom stereocenters. The SMILES string of the molecule is CC(=O)c1ccccc1.O=C(c1ccccc1)c1ccccc1Sc1ccccc1. The summed E-state index contributed by atoms with van der Waals surface area (Å²) in [5, 5.41) is 0. The minimum atomic E-state index is 0.0645. The van der Waals surface area contributed by atoms with Crippen molar-refractivity contribution < 1.29 is 9.59 Å². The maximum Gasteiger partial charge on any atom is 0.194 e. The molecular formula is C27H22O2S. The van der Waals surface area contributed by atoms with Crippen molar-refractivity contribution in [1.29, 1.82) is 0 Å². The van der Waals surface area contributed by atoms with Crippen LogP contribution in [0.25, 0.3) is 0 Å². The lowest BCUT2D eigenvalue weighted by atomic mass is 10.0.